The fourth-order valence-electron chi connectivity index (χ4n) is 4.27. The van der Waals surface area contributed by atoms with Crippen LogP contribution in [0.15, 0.2) is 53.4 Å². The number of rotatable bonds is 8. The maximum absolute atomic E-state index is 13.1. The molecule has 3 aromatic rings. The highest BCUT2D eigenvalue weighted by Crippen LogP contribution is 2.29. The van der Waals surface area contributed by atoms with Gasteiger partial charge in [-0.05, 0) is 69.2 Å². The molecule has 2 N–H and O–H groups in total. The highest BCUT2D eigenvalue weighted by atomic mass is 35.5. The van der Waals surface area contributed by atoms with Gasteiger partial charge in [0, 0.05) is 45.8 Å². The number of carbonyl (C=O) groups excluding carboxylic acids is 1. The number of anilines is 2. The van der Waals surface area contributed by atoms with Gasteiger partial charge >= 0.3 is 0 Å². The number of sulfonamides is 2. The highest BCUT2D eigenvalue weighted by Gasteiger charge is 2.33. The quantitative estimate of drug-likeness (QED) is 0.385. The van der Waals surface area contributed by atoms with Crippen molar-refractivity contribution in [3.8, 4) is 0 Å². The molecule has 2 heterocycles. The van der Waals surface area contributed by atoms with Crippen LogP contribution < -0.4 is 10.0 Å². The smallest absolute Gasteiger partial charge is 0.264 e. The lowest BCUT2D eigenvalue weighted by molar-refractivity contribution is -0.120. The molecule has 1 fully saturated rings. The van der Waals surface area contributed by atoms with Gasteiger partial charge in [-0.2, -0.15) is 0 Å². The third-order valence-electron chi connectivity index (χ3n) is 6.18. The largest absolute Gasteiger partial charge is 0.326 e. The van der Waals surface area contributed by atoms with Crippen molar-refractivity contribution in [2.75, 3.05) is 23.1 Å². The molecule has 0 bridgehead atoms. The second kappa shape index (κ2) is 11.8. The van der Waals surface area contributed by atoms with E-state index in [0.29, 0.717) is 35.5 Å². The first-order valence-electron chi connectivity index (χ1n) is 12.0. The monoisotopic (exact) mass is 611 g/mol. The second-order valence-electron chi connectivity index (χ2n) is 9.25. The molecule has 1 aromatic heterocycles. The summed E-state index contributed by atoms with van der Waals surface area (Å²) in [7, 11) is -7.72. The van der Waals surface area contributed by atoms with Crippen LogP contribution in [0.4, 0.5) is 11.6 Å². The molecule has 14 heteroatoms. The Labute approximate surface area is 237 Å². The average molecular weight is 613 g/mol. The third-order valence-corrected chi connectivity index (χ3v) is 10.0. The Bertz CT molecular complexity index is 1560. The van der Waals surface area contributed by atoms with E-state index in [2.05, 4.69) is 20.0 Å². The molecule has 1 aliphatic rings. The first-order valence-corrected chi connectivity index (χ1v) is 15.9. The Kier molecular flexibility index (Phi) is 8.82. The summed E-state index contributed by atoms with van der Waals surface area (Å²) in [6.07, 6.45) is 1.02. The molecular formula is C25H27Cl2N5O5S2. The molecule has 0 aliphatic carbocycles. The lowest BCUT2D eigenvalue weighted by atomic mass is 9.99. The number of halogens is 2. The van der Waals surface area contributed by atoms with Gasteiger partial charge in [-0.25, -0.2) is 35.8 Å². The second-order valence-corrected chi connectivity index (χ2v) is 13.7. The lowest BCUT2D eigenvalue weighted by Crippen LogP contribution is -2.44. The van der Waals surface area contributed by atoms with Crippen LogP contribution in [-0.4, -0.2) is 50.1 Å². The van der Waals surface area contributed by atoms with Crippen LogP contribution in [0, 0.1) is 19.8 Å². The van der Waals surface area contributed by atoms with Gasteiger partial charge in [0.25, 0.3) is 10.0 Å². The van der Waals surface area contributed by atoms with E-state index in [1.807, 2.05) is 0 Å². The molecule has 1 aliphatic heterocycles. The van der Waals surface area contributed by atoms with Crippen LogP contribution in [0.25, 0.3) is 0 Å². The predicted molar refractivity (Wildman–Crippen MR) is 151 cm³/mol. The minimum atomic E-state index is -3.95. The Balaban J connectivity index is 1.40. The molecule has 208 valence electrons. The molecule has 1 amide bonds. The van der Waals surface area contributed by atoms with E-state index in [1.54, 1.807) is 38.1 Å². The number of benzene rings is 2. The van der Waals surface area contributed by atoms with Gasteiger partial charge in [0.15, 0.2) is 0 Å². The number of piperidine rings is 1. The normalized spacial score (nSPS) is 16.6. The van der Waals surface area contributed by atoms with Crippen molar-refractivity contribution in [1.29, 1.82) is 0 Å². The minimum Gasteiger partial charge on any atom is -0.326 e. The SMILES string of the molecule is Cc1cc(C)nc(NS(=O)(=O)c2ccc(NC(=O)[C@@H]3CCCN(S(=O)(=O)Cc4c(Cl)cccc4Cl)C3)cc2)n1. The summed E-state index contributed by atoms with van der Waals surface area (Å²) in [6.45, 7) is 3.78. The van der Waals surface area contributed by atoms with Crippen molar-refractivity contribution in [3.63, 3.8) is 0 Å². The molecular weight excluding hydrogens is 585 g/mol. The van der Waals surface area contributed by atoms with Crippen molar-refractivity contribution in [2.24, 2.45) is 5.92 Å². The summed E-state index contributed by atoms with van der Waals surface area (Å²) in [5.41, 5.74) is 1.95. The Hall–Kier alpha value is -2.77. The van der Waals surface area contributed by atoms with Crippen molar-refractivity contribution in [3.05, 3.63) is 75.5 Å². The van der Waals surface area contributed by atoms with Crippen molar-refractivity contribution in [1.82, 2.24) is 14.3 Å². The summed E-state index contributed by atoms with van der Waals surface area (Å²) in [4.78, 5) is 21.1. The maximum Gasteiger partial charge on any atom is 0.264 e. The molecule has 1 saturated heterocycles. The number of hydrogen-bond donors (Lipinski definition) is 2. The topological polar surface area (TPSA) is 138 Å². The Morgan fingerprint density at radius 1 is 1.00 bits per heavy atom. The van der Waals surface area contributed by atoms with Crippen LogP contribution in [0.5, 0.6) is 0 Å². The molecule has 1 atom stereocenters. The zero-order valence-corrected chi connectivity index (χ0v) is 24.3. The van der Waals surface area contributed by atoms with Crippen molar-refractivity contribution in [2.45, 2.75) is 37.3 Å². The third kappa shape index (κ3) is 7.25. The number of amides is 1. The van der Waals surface area contributed by atoms with E-state index in [9.17, 15) is 21.6 Å². The molecule has 0 spiro atoms. The summed E-state index contributed by atoms with van der Waals surface area (Å²) in [5.74, 6) is -1.33. The van der Waals surface area contributed by atoms with Gasteiger partial charge in [0.2, 0.25) is 21.9 Å². The van der Waals surface area contributed by atoms with Crippen LogP contribution in [-0.2, 0) is 30.6 Å². The van der Waals surface area contributed by atoms with Crippen LogP contribution >= 0.6 is 23.2 Å². The van der Waals surface area contributed by atoms with Gasteiger partial charge < -0.3 is 5.32 Å². The van der Waals surface area contributed by atoms with E-state index in [0.717, 1.165) is 0 Å². The van der Waals surface area contributed by atoms with Crippen LogP contribution in [0.2, 0.25) is 10.0 Å². The number of aromatic nitrogens is 2. The summed E-state index contributed by atoms with van der Waals surface area (Å²) in [6, 6.07) is 12.2. The molecule has 2 aromatic carbocycles. The van der Waals surface area contributed by atoms with E-state index in [4.69, 9.17) is 23.2 Å². The first-order chi connectivity index (χ1) is 18.3. The summed E-state index contributed by atoms with van der Waals surface area (Å²) in [5, 5.41) is 3.28. The highest BCUT2D eigenvalue weighted by molar-refractivity contribution is 7.92. The fraction of sp³-hybridized carbons (Fsp3) is 0.320. The Morgan fingerprint density at radius 2 is 1.62 bits per heavy atom. The van der Waals surface area contributed by atoms with Gasteiger partial charge in [0.05, 0.1) is 16.6 Å². The molecule has 4 rings (SSSR count). The Morgan fingerprint density at radius 3 is 2.23 bits per heavy atom. The van der Waals surface area contributed by atoms with E-state index >= 15 is 0 Å². The number of aryl methyl sites for hydroxylation is 2. The standard InChI is InChI=1S/C25H27Cl2N5O5S2/c1-16-13-17(2)29-25(28-16)31-39(36,37)20-10-8-19(9-11-20)30-24(33)18-5-4-12-32(14-18)38(34,35)15-21-22(26)6-3-7-23(21)27/h3,6-11,13,18H,4-5,12,14-15H2,1-2H3,(H,30,33)(H,28,29,31)/t18-/m1/s1. The van der Waals surface area contributed by atoms with Gasteiger partial charge in [-0.3, -0.25) is 4.79 Å². The minimum absolute atomic E-state index is 0.0164. The predicted octanol–water partition coefficient (Wildman–Crippen LogP) is 4.38. The van der Waals surface area contributed by atoms with Crippen molar-refractivity contribution >= 4 is 60.8 Å². The van der Waals surface area contributed by atoms with E-state index < -0.39 is 26.0 Å². The van der Waals surface area contributed by atoms with E-state index in [1.165, 1.54) is 28.6 Å². The molecule has 39 heavy (non-hydrogen) atoms. The summed E-state index contributed by atoms with van der Waals surface area (Å²) >= 11 is 12.3. The number of nitrogens with one attached hydrogen (secondary N) is 2. The lowest BCUT2D eigenvalue weighted by Gasteiger charge is -2.31. The number of carbonyl (C=O) groups is 1. The number of hydrogen-bond acceptors (Lipinski definition) is 7. The first kappa shape index (κ1) is 29.2. The summed E-state index contributed by atoms with van der Waals surface area (Å²) < 4.78 is 55.3. The average Bonchev–Trinajstić information content (AvgIpc) is 2.86. The van der Waals surface area contributed by atoms with Crippen molar-refractivity contribution < 1.29 is 21.6 Å². The van der Waals surface area contributed by atoms with E-state index in [-0.39, 0.29) is 45.6 Å². The maximum atomic E-state index is 13.1. The van der Waals surface area contributed by atoms with Gasteiger partial charge in [-0.15, -0.1) is 0 Å². The zero-order chi connectivity index (χ0) is 28.4. The molecule has 0 unspecified atom stereocenters. The van der Waals surface area contributed by atoms with Crippen LogP contribution in [0.1, 0.15) is 29.8 Å². The number of nitrogens with zero attached hydrogens (tertiary/aromatic N) is 3. The molecule has 0 radical (unpaired) electrons. The van der Waals surface area contributed by atoms with Gasteiger partial charge in [-0.1, -0.05) is 29.3 Å². The van der Waals surface area contributed by atoms with Crippen LogP contribution in [0.3, 0.4) is 0 Å². The molecule has 10 nitrogen and oxygen atoms in total. The molecule has 0 saturated carbocycles. The fourth-order valence-corrected chi connectivity index (χ4v) is 7.57. The van der Waals surface area contributed by atoms with Gasteiger partial charge in [0.1, 0.15) is 0 Å². The zero-order valence-electron chi connectivity index (χ0n) is 21.2.